The van der Waals surface area contributed by atoms with Gasteiger partial charge in [-0.3, -0.25) is 0 Å². The molecule has 88 heavy (non-hydrogen) atoms. The Hall–Kier alpha value is -11.9. The predicted octanol–water partition coefficient (Wildman–Crippen LogP) is 21.2. The molecule has 0 atom stereocenters. The van der Waals surface area contributed by atoms with Gasteiger partial charge in [0, 0.05) is 82.5 Å². The van der Waals surface area contributed by atoms with Gasteiger partial charge in [-0.2, -0.15) is 0 Å². The van der Waals surface area contributed by atoms with Gasteiger partial charge in [-0.15, -0.1) is 0 Å². The van der Waals surface area contributed by atoms with E-state index >= 15 is 0 Å². The molecule has 0 bridgehead atoms. The normalized spacial score (nSPS) is 11.9. The topological polar surface area (TPSA) is 45.5 Å². The molecule has 0 N–H and O–H groups in total. The average Bonchev–Trinajstić information content (AvgIpc) is 2.65. The molecule has 0 aliphatic carbocycles. The summed E-state index contributed by atoms with van der Waals surface area (Å²) in [7, 11) is 0. The van der Waals surface area contributed by atoms with Gasteiger partial charge in [-0.25, -0.2) is 9.97 Å². The number of aromatic nitrogens is 6. The van der Waals surface area contributed by atoms with Crippen LogP contribution in [0.5, 0.6) is 0 Å². The summed E-state index contributed by atoms with van der Waals surface area (Å²) in [6, 6.07) is 114. The van der Waals surface area contributed by atoms with Crippen LogP contribution in [0.2, 0.25) is 0 Å². The number of rotatable bonds is 9. The molecule has 6 nitrogen and oxygen atoms in total. The second kappa shape index (κ2) is 19.9. The van der Waals surface area contributed by atoms with Crippen molar-refractivity contribution < 1.29 is 0 Å². The van der Waals surface area contributed by atoms with E-state index in [1.54, 1.807) is 0 Å². The Kier molecular flexibility index (Phi) is 11.2. The first-order valence-corrected chi connectivity index (χ1v) is 30.0. The Morgan fingerprint density at radius 2 is 0.477 bits per heavy atom. The highest BCUT2D eigenvalue weighted by Gasteiger charge is 2.21. The third-order valence-electron chi connectivity index (χ3n) is 17.9. The molecule has 0 aliphatic rings. The van der Waals surface area contributed by atoms with Crippen molar-refractivity contribution in [3.05, 3.63) is 315 Å². The largest absolute Gasteiger partial charge is 0.309 e. The third kappa shape index (κ3) is 7.89. The Balaban J connectivity index is 0.752. The zero-order valence-electron chi connectivity index (χ0n) is 47.7. The van der Waals surface area contributed by atoms with Crippen molar-refractivity contribution in [2.24, 2.45) is 0 Å². The van der Waals surface area contributed by atoms with Crippen LogP contribution in [0, 0.1) is 0 Å². The molecule has 5 aromatic heterocycles. The van der Waals surface area contributed by atoms with Gasteiger partial charge in [0.1, 0.15) is 0 Å². The highest BCUT2D eigenvalue weighted by molar-refractivity contribution is 6.14. The minimum Gasteiger partial charge on any atom is -0.309 e. The highest BCUT2D eigenvalue weighted by Crippen LogP contribution is 2.42. The quantitative estimate of drug-likeness (QED) is 0.145. The molecule has 18 rings (SSSR count). The van der Waals surface area contributed by atoms with Crippen molar-refractivity contribution in [1.82, 2.24) is 28.2 Å². The van der Waals surface area contributed by atoms with Gasteiger partial charge in [0.15, 0.2) is 5.82 Å². The fourth-order valence-corrected chi connectivity index (χ4v) is 13.9. The van der Waals surface area contributed by atoms with Crippen LogP contribution in [-0.4, -0.2) is 28.2 Å². The third-order valence-corrected chi connectivity index (χ3v) is 17.9. The molecule has 0 fully saturated rings. The average molecular weight is 1120 g/mol. The van der Waals surface area contributed by atoms with E-state index in [0.717, 1.165) is 84.0 Å². The monoisotopic (exact) mass is 1120 g/mol. The lowest BCUT2D eigenvalue weighted by atomic mass is 10.0. The predicted molar refractivity (Wildman–Crippen MR) is 367 cm³/mol. The molecule has 0 radical (unpaired) electrons. The Morgan fingerprint density at radius 1 is 0.170 bits per heavy atom. The van der Waals surface area contributed by atoms with Crippen molar-refractivity contribution >= 4 is 87.2 Å². The minimum atomic E-state index is 0.666. The molecular weight excluding hydrogens is 1070 g/mol. The standard InChI is InChI=1S/C82H52N6/c1-4-20-53(21-5-1)82-83-72(58-22-18-28-62(46-58)87-74-34-14-10-30-64(74)68-42-38-56(50-80(68)87)54-40-44-78-70(48-54)66-32-12-16-36-76(66)85(78)60-24-6-2-7-25-60)52-73(84-82)59-23-19-29-63(47-59)88-75-35-15-11-31-65(75)69-43-39-57(51-81(69)88)55-41-45-79-71(49-55)67-33-13-17-37-77(67)86(79)61-26-8-3-9-27-61/h1-52H. The van der Waals surface area contributed by atoms with E-state index in [9.17, 15) is 0 Å². The van der Waals surface area contributed by atoms with E-state index in [-0.39, 0.29) is 0 Å². The lowest BCUT2D eigenvalue weighted by molar-refractivity contribution is 1.16. The Labute approximate surface area is 507 Å². The molecule has 18 aromatic rings. The van der Waals surface area contributed by atoms with Crippen molar-refractivity contribution in [3.63, 3.8) is 0 Å². The fraction of sp³-hybridized carbons (Fsp3) is 0. The number of benzene rings is 13. The van der Waals surface area contributed by atoms with Gasteiger partial charge in [0.2, 0.25) is 0 Å². The molecule has 0 unspecified atom stereocenters. The molecule has 0 spiro atoms. The molecule has 0 aliphatic heterocycles. The van der Waals surface area contributed by atoms with Crippen LogP contribution in [0.15, 0.2) is 315 Å². The lowest BCUT2D eigenvalue weighted by Gasteiger charge is -2.14. The van der Waals surface area contributed by atoms with Crippen LogP contribution in [0.4, 0.5) is 0 Å². The number of para-hydroxylation sites is 6. The summed E-state index contributed by atoms with van der Waals surface area (Å²) in [5.41, 5.74) is 23.0. The first-order chi connectivity index (χ1) is 43.6. The van der Waals surface area contributed by atoms with Crippen molar-refractivity contribution in [1.29, 1.82) is 0 Å². The van der Waals surface area contributed by atoms with Crippen LogP contribution in [0.1, 0.15) is 0 Å². The van der Waals surface area contributed by atoms with E-state index in [0.29, 0.717) is 5.82 Å². The zero-order valence-corrected chi connectivity index (χ0v) is 47.7. The maximum atomic E-state index is 5.38. The minimum absolute atomic E-state index is 0.666. The Morgan fingerprint density at radius 3 is 0.909 bits per heavy atom. The first-order valence-electron chi connectivity index (χ1n) is 30.0. The number of nitrogens with zero attached hydrogens (tertiary/aromatic N) is 6. The molecule has 0 saturated heterocycles. The number of hydrogen-bond donors (Lipinski definition) is 0. The maximum Gasteiger partial charge on any atom is 0.160 e. The summed E-state index contributed by atoms with van der Waals surface area (Å²) in [5, 5.41) is 9.74. The molecule has 0 amide bonds. The summed E-state index contributed by atoms with van der Waals surface area (Å²) in [6.45, 7) is 0. The molecule has 0 saturated carbocycles. The summed E-state index contributed by atoms with van der Waals surface area (Å²) in [5.74, 6) is 0.666. The van der Waals surface area contributed by atoms with Gasteiger partial charge >= 0.3 is 0 Å². The summed E-state index contributed by atoms with van der Waals surface area (Å²) in [6.07, 6.45) is 0. The smallest absolute Gasteiger partial charge is 0.160 e. The first kappa shape index (κ1) is 49.6. The zero-order chi connectivity index (χ0) is 57.8. The number of hydrogen-bond acceptors (Lipinski definition) is 2. The van der Waals surface area contributed by atoms with E-state index in [1.807, 2.05) is 6.07 Å². The fourth-order valence-electron chi connectivity index (χ4n) is 13.9. The maximum absolute atomic E-state index is 5.38. The van der Waals surface area contributed by atoms with E-state index in [4.69, 9.17) is 9.97 Å². The highest BCUT2D eigenvalue weighted by atomic mass is 15.0. The van der Waals surface area contributed by atoms with Gasteiger partial charge < -0.3 is 18.3 Å². The number of fused-ring (bicyclic) bond motifs is 12. The van der Waals surface area contributed by atoms with E-state index in [2.05, 4.69) is 328 Å². The molecule has 6 heteroatoms. The van der Waals surface area contributed by atoms with Gasteiger partial charge in [0.25, 0.3) is 0 Å². The van der Waals surface area contributed by atoms with Crippen LogP contribution >= 0.6 is 0 Å². The molecular formula is C82H52N6. The molecule has 410 valence electrons. The summed E-state index contributed by atoms with van der Waals surface area (Å²) < 4.78 is 9.59. The SMILES string of the molecule is c1ccc(-c2nc(-c3cccc(-n4c5ccccc5c5ccc(-c6ccc7c(c6)c6ccccc6n7-c6ccccc6)cc54)c3)cc(-c3cccc(-n4c5ccccc5c5ccc(-c6ccc7c(c6)c6ccccc6n7-c6ccccc6)cc54)c3)n2)cc1. The van der Waals surface area contributed by atoms with Gasteiger partial charge in [0.05, 0.1) is 55.5 Å². The van der Waals surface area contributed by atoms with Crippen LogP contribution in [0.25, 0.3) is 166 Å². The second-order valence-corrected chi connectivity index (χ2v) is 22.9. The Bertz CT molecular complexity index is 5470. The lowest BCUT2D eigenvalue weighted by Crippen LogP contribution is -1.99. The molecule has 5 heterocycles. The van der Waals surface area contributed by atoms with Crippen LogP contribution in [0.3, 0.4) is 0 Å². The summed E-state index contributed by atoms with van der Waals surface area (Å²) in [4.78, 5) is 10.8. The van der Waals surface area contributed by atoms with Crippen LogP contribution in [-0.2, 0) is 0 Å². The second-order valence-electron chi connectivity index (χ2n) is 22.9. The van der Waals surface area contributed by atoms with Gasteiger partial charge in [-0.05, 0) is 138 Å². The summed E-state index contributed by atoms with van der Waals surface area (Å²) >= 11 is 0. The van der Waals surface area contributed by atoms with Crippen molar-refractivity contribution in [2.45, 2.75) is 0 Å². The van der Waals surface area contributed by atoms with E-state index in [1.165, 1.54) is 76.3 Å². The van der Waals surface area contributed by atoms with Crippen LogP contribution < -0.4 is 0 Å². The van der Waals surface area contributed by atoms with Crippen molar-refractivity contribution in [2.75, 3.05) is 0 Å². The molecule has 13 aromatic carbocycles. The van der Waals surface area contributed by atoms with Gasteiger partial charge in [-0.1, -0.05) is 200 Å². The van der Waals surface area contributed by atoms with Crippen molar-refractivity contribution in [3.8, 4) is 78.9 Å². The van der Waals surface area contributed by atoms with E-state index < -0.39 is 0 Å².